The summed E-state index contributed by atoms with van der Waals surface area (Å²) in [7, 11) is -4.07. The molecule has 1 saturated heterocycles. The summed E-state index contributed by atoms with van der Waals surface area (Å²) in [5.74, 6) is -0.436. The number of nitrogens with one attached hydrogen (secondary N) is 1. The molecule has 1 aliphatic rings. The third kappa shape index (κ3) is 5.02. The second-order valence-corrected chi connectivity index (χ2v) is 10.1. The number of nitrogens with zero attached hydrogens (tertiary/aromatic N) is 5. The minimum Gasteiger partial charge on any atom is -0.443 e. The van der Waals surface area contributed by atoms with Crippen molar-refractivity contribution in [2.45, 2.75) is 36.7 Å². The van der Waals surface area contributed by atoms with Gasteiger partial charge in [0, 0.05) is 54.5 Å². The normalized spacial score (nSPS) is 16.8. The maximum absolute atomic E-state index is 13.2. The zero-order valence-electron chi connectivity index (χ0n) is 19.0. The van der Waals surface area contributed by atoms with Gasteiger partial charge < -0.3 is 9.73 Å². The Bertz CT molecular complexity index is 1520. The Morgan fingerprint density at radius 2 is 1.89 bits per heavy atom. The van der Waals surface area contributed by atoms with Crippen molar-refractivity contribution in [3.8, 4) is 11.4 Å². The molecule has 0 aliphatic carbocycles. The van der Waals surface area contributed by atoms with Gasteiger partial charge in [-0.05, 0) is 31.0 Å². The molecule has 192 valence electrons. The minimum atomic E-state index is -4.55. The number of aromatic nitrogens is 4. The van der Waals surface area contributed by atoms with Gasteiger partial charge in [-0.25, -0.2) is 18.4 Å². The lowest BCUT2D eigenvalue weighted by Crippen LogP contribution is -2.45. The van der Waals surface area contributed by atoms with Gasteiger partial charge in [-0.2, -0.15) is 17.5 Å². The van der Waals surface area contributed by atoms with Gasteiger partial charge >= 0.3 is 6.18 Å². The number of carbonyl (C=O) groups is 1. The van der Waals surface area contributed by atoms with E-state index in [4.69, 9.17) is 4.42 Å². The van der Waals surface area contributed by atoms with Crippen LogP contribution in [0, 0.1) is 0 Å². The van der Waals surface area contributed by atoms with E-state index in [0.29, 0.717) is 47.5 Å². The van der Waals surface area contributed by atoms with E-state index >= 15 is 0 Å². The summed E-state index contributed by atoms with van der Waals surface area (Å²) in [5, 5.41) is 2.96. The van der Waals surface area contributed by atoms with Crippen molar-refractivity contribution in [2.24, 2.45) is 0 Å². The molecule has 5 rings (SSSR count). The van der Waals surface area contributed by atoms with Crippen molar-refractivity contribution >= 4 is 26.9 Å². The number of fused-ring (bicyclic) bond motifs is 1. The molecule has 0 spiro atoms. The molecule has 14 heteroatoms. The van der Waals surface area contributed by atoms with Gasteiger partial charge in [0.15, 0.2) is 5.82 Å². The highest BCUT2D eigenvalue weighted by molar-refractivity contribution is 7.89. The van der Waals surface area contributed by atoms with Crippen molar-refractivity contribution in [1.82, 2.24) is 29.6 Å². The Kier molecular flexibility index (Phi) is 6.37. The van der Waals surface area contributed by atoms with Crippen LogP contribution < -0.4 is 5.32 Å². The van der Waals surface area contributed by atoms with Crippen LogP contribution in [0.3, 0.4) is 0 Å². The Morgan fingerprint density at radius 3 is 2.62 bits per heavy atom. The number of carbonyl (C=O) groups excluding carboxylic acids is 1. The average Bonchev–Trinajstić information content (AvgIpc) is 3.55. The van der Waals surface area contributed by atoms with Crippen LogP contribution in [0.25, 0.3) is 22.4 Å². The van der Waals surface area contributed by atoms with E-state index in [1.165, 1.54) is 36.8 Å². The molecule has 1 N–H and O–H groups in total. The minimum absolute atomic E-state index is 0.0337. The summed E-state index contributed by atoms with van der Waals surface area (Å²) in [6.45, 7) is 0.128. The van der Waals surface area contributed by atoms with E-state index < -0.39 is 33.7 Å². The van der Waals surface area contributed by atoms with Crippen molar-refractivity contribution in [3.63, 3.8) is 0 Å². The van der Waals surface area contributed by atoms with Crippen molar-refractivity contribution in [2.75, 3.05) is 6.54 Å². The fourth-order valence-corrected chi connectivity index (χ4v) is 5.63. The Hall–Kier alpha value is -3.91. The second kappa shape index (κ2) is 9.52. The Morgan fingerprint density at radius 1 is 1.11 bits per heavy atom. The molecule has 1 aliphatic heterocycles. The molecule has 0 radical (unpaired) electrons. The predicted molar refractivity (Wildman–Crippen MR) is 123 cm³/mol. The zero-order valence-corrected chi connectivity index (χ0v) is 19.8. The SMILES string of the molecule is O=C(NCc1cc(-c2ncc(C(F)(F)F)cn2)ccn1)[C@@H]1CCCN1S(=O)(=O)c1cc2cnccc2o1. The molecule has 1 atom stereocenters. The molecule has 37 heavy (non-hydrogen) atoms. The zero-order chi connectivity index (χ0) is 26.2. The summed E-state index contributed by atoms with van der Waals surface area (Å²) in [6.07, 6.45) is 2.06. The average molecular weight is 533 g/mol. The molecular weight excluding hydrogens is 513 g/mol. The summed E-state index contributed by atoms with van der Waals surface area (Å²) in [5.41, 5.74) is 0.217. The third-order valence-corrected chi connectivity index (χ3v) is 7.63. The molecule has 1 fully saturated rings. The number of hydrogen-bond acceptors (Lipinski definition) is 8. The fourth-order valence-electron chi connectivity index (χ4n) is 4.03. The maximum atomic E-state index is 13.2. The molecule has 4 aromatic heterocycles. The van der Waals surface area contributed by atoms with Gasteiger partial charge in [0.25, 0.3) is 10.0 Å². The molecular formula is C23H19F3N6O4S. The lowest BCUT2D eigenvalue weighted by atomic mass is 10.2. The van der Waals surface area contributed by atoms with Gasteiger partial charge in [-0.15, -0.1) is 0 Å². The molecule has 0 aromatic carbocycles. The number of sulfonamides is 1. The van der Waals surface area contributed by atoms with Gasteiger partial charge in [0.1, 0.15) is 11.6 Å². The maximum Gasteiger partial charge on any atom is 0.419 e. The fraction of sp³-hybridized carbons (Fsp3) is 0.261. The summed E-state index contributed by atoms with van der Waals surface area (Å²) < 4.78 is 71.3. The molecule has 0 unspecified atom stereocenters. The number of furan rings is 1. The van der Waals surface area contributed by atoms with Crippen LogP contribution in [0.1, 0.15) is 24.1 Å². The van der Waals surface area contributed by atoms with Gasteiger partial charge in [0.05, 0.1) is 17.8 Å². The van der Waals surface area contributed by atoms with Crippen LogP contribution >= 0.6 is 0 Å². The van der Waals surface area contributed by atoms with Crippen LogP contribution in [-0.4, -0.2) is 51.2 Å². The largest absolute Gasteiger partial charge is 0.443 e. The molecule has 0 bridgehead atoms. The molecule has 1 amide bonds. The van der Waals surface area contributed by atoms with Crippen LogP contribution in [0.15, 0.2) is 64.8 Å². The number of amides is 1. The van der Waals surface area contributed by atoms with E-state index in [0.717, 1.165) is 4.31 Å². The number of alkyl halides is 3. The van der Waals surface area contributed by atoms with E-state index in [1.54, 1.807) is 6.07 Å². The molecule has 4 aromatic rings. The first kappa shape index (κ1) is 24.8. The molecule has 0 saturated carbocycles. The smallest absolute Gasteiger partial charge is 0.419 e. The van der Waals surface area contributed by atoms with Crippen molar-refractivity contribution < 1.29 is 30.8 Å². The topological polar surface area (TPSA) is 131 Å². The summed E-state index contributed by atoms with van der Waals surface area (Å²) >= 11 is 0. The first-order valence-corrected chi connectivity index (χ1v) is 12.5. The highest BCUT2D eigenvalue weighted by atomic mass is 32.2. The number of halogens is 3. The summed E-state index contributed by atoms with van der Waals surface area (Å²) in [4.78, 5) is 28.6. The van der Waals surface area contributed by atoms with Gasteiger partial charge in [-0.1, -0.05) is 0 Å². The van der Waals surface area contributed by atoms with Crippen molar-refractivity contribution in [1.29, 1.82) is 0 Å². The van der Waals surface area contributed by atoms with Crippen LogP contribution in [0.4, 0.5) is 13.2 Å². The van der Waals surface area contributed by atoms with E-state index in [9.17, 15) is 26.4 Å². The Labute approximate surface area is 208 Å². The standard InChI is InChI=1S/C23H19F3N6O4S/c24-23(25,26)16-11-29-21(30-12-16)14-3-6-28-17(8-14)13-31-22(33)18-2-1-7-32(18)37(34,35)20-9-15-10-27-5-4-19(15)36-20/h3-6,8-12,18H,1-2,7,13H2,(H,31,33)/t18-/m0/s1. The molecule has 5 heterocycles. The highest BCUT2D eigenvalue weighted by Crippen LogP contribution is 2.30. The highest BCUT2D eigenvalue weighted by Gasteiger charge is 2.41. The van der Waals surface area contributed by atoms with Gasteiger partial charge in [-0.3, -0.25) is 14.8 Å². The Balaban J connectivity index is 1.28. The van der Waals surface area contributed by atoms with E-state index in [1.807, 2.05) is 0 Å². The molecule has 10 nitrogen and oxygen atoms in total. The number of pyridine rings is 2. The lowest BCUT2D eigenvalue weighted by Gasteiger charge is -2.22. The van der Waals surface area contributed by atoms with E-state index in [-0.39, 0.29) is 24.0 Å². The van der Waals surface area contributed by atoms with Gasteiger partial charge in [0.2, 0.25) is 11.0 Å². The van der Waals surface area contributed by atoms with E-state index in [2.05, 4.69) is 25.3 Å². The third-order valence-electron chi connectivity index (χ3n) is 5.86. The first-order valence-electron chi connectivity index (χ1n) is 11.1. The van der Waals surface area contributed by atoms with Crippen LogP contribution in [0.2, 0.25) is 0 Å². The van der Waals surface area contributed by atoms with Crippen LogP contribution in [-0.2, 0) is 27.5 Å². The quantitative estimate of drug-likeness (QED) is 0.401. The first-order chi connectivity index (χ1) is 17.6. The summed E-state index contributed by atoms with van der Waals surface area (Å²) in [6, 6.07) is 5.07. The number of hydrogen-bond donors (Lipinski definition) is 1. The second-order valence-electron chi connectivity index (χ2n) is 8.30. The number of rotatable bonds is 6. The predicted octanol–water partition coefficient (Wildman–Crippen LogP) is 3.17. The monoisotopic (exact) mass is 532 g/mol. The van der Waals surface area contributed by atoms with Crippen molar-refractivity contribution in [3.05, 3.63) is 66.5 Å². The lowest BCUT2D eigenvalue weighted by molar-refractivity contribution is -0.138. The van der Waals surface area contributed by atoms with Crippen LogP contribution in [0.5, 0.6) is 0 Å².